The molecule has 0 bridgehead atoms. The summed E-state index contributed by atoms with van der Waals surface area (Å²) < 4.78 is 0.383. The largest absolute Gasteiger partial charge is 0.394 e. The van der Waals surface area contributed by atoms with Crippen molar-refractivity contribution in [1.29, 1.82) is 0 Å². The van der Waals surface area contributed by atoms with Crippen LogP contribution in [0.2, 0.25) is 0 Å². The Bertz CT molecular complexity index is 586. The van der Waals surface area contributed by atoms with Crippen molar-refractivity contribution in [2.75, 3.05) is 11.9 Å². The molecule has 2 aromatic rings. The number of hydrogen-bond donors (Lipinski definition) is 3. The van der Waals surface area contributed by atoms with Gasteiger partial charge in [0.1, 0.15) is 4.47 Å². The third-order valence-corrected chi connectivity index (χ3v) is 3.49. The van der Waals surface area contributed by atoms with Crippen molar-refractivity contribution in [2.24, 2.45) is 0 Å². The summed E-state index contributed by atoms with van der Waals surface area (Å²) in [6.45, 7) is -0.0336. The summed E-state index contributed by atoms with van der Waals surface area (Å²) in [7, 11) is 0. The lowest BCUT2D eigenvalue weighted by Crippen LogP contribution is -2.27. The van der Waals surface area contributed by atoms with Gasteiger partial charge in [0, 0.05) is 0 Å². The van der Waals surface area contributed by atoms with Crippen LogP contribution < -0.4 is 10.9 Å². The van der Waals surface area contributed by atoms with E-state index >= 15 is 0 Å². The fourth-order valence-corrected chi connectivity index (χ4v) is 2.07. The van der Waals surface area contributed by atoms with Gasteiger partial charge in [0.15, 0.2) is 0 Å². The summed E-state index contributed by atoms with van der Waals surface area (Å²) in [5, 5.41) is 18.6. The van der Waals surface area contributed by atoms with Gasteiger partial charge in [-0.05, 0) is 27.9 Å². The van der Waals surface area contributed by atoms with Crippen molar-refractivity contribution < 1.29 is 5.11 Å². The van der Waals surface area contributed by atoms with E-state index in [0.717, 1.165) is 5.56 Å². The first kappa shape index (κ1) is 13.8. The number of H-pyrrole nitrogens is 1. The van der Waals surface area contributed by atoms with Crippen molar-refractivity contribution in [3.63, 3.8) is 0 Å². The summed E-state index contributed by atoms with van der Waals surface area (Å²) in [5.41, 5.74) is 1.38. The molecule has 5 nitrogen and oxygen atoms in total. The molecule has 1 unspecified atom stereocenters. The molecule has 0 saturated heterocycles. The number of halogens is 1. The highest BCUT2D eigenvalue weighted by Gasteiger charge is 2.11. The number of aliphatic hydroxyl groups excluding tert-OH is 1. The van der Waals surface area contributed by atoms with Crippen LogP contribution in [0.25, 0.3) is 0 Å². The number of hydrogen-bond acceptors (Lipinski definition) is 4. The van der Waals surface area contributed by atoms with Gasteiger partial charge in [0.25, 0.3) is 5.56 Å². The lowest BCUT2D eigenvalue weighted by molar-refractivity contribution is 0.273. The molecule has 1 heterocycles. The van der Waals surface area contributed by atoms with Crippen molar-refractivity contribution in [3.8, 4) is 0 Å². The Balaban J connectivity index is 2.11. The lowest BCUT2D eigenvalue weighted by atomic mass is 10.1. The zero-order valence-electron chi connectivity index (χ0n) is 10.1. The SMILES string of the molecule is O=c1[nH]ncc(NC(CO)Cc2ccccc2)c1Br. The van der Waals surface area contributed by atoms with Gasteiger partial charge >= 0.3 is 0 Å². The van der Waals surface area contributed by atoms with E-state index in [0.29, 0.717) is 16.6 Å². The van der Waals surface area contributed by atoms with Crippen LogP contribution in [0.5, 0.6) is 0 Å². The van der Waals surface area contributed by atoms with Crippen molar-refractivity contribution in [3.05, 3.63) is 56.9 Å². The van der Waals surface area contributed by atoms with Crippen LogP contribution >= 0.6 is 15.9 Å². The second kappa shape index (κ2) is 6.49. The maximum absolute atomic E-state index is 11.4. The molecule has 19 heavy (non-hydrogen) atoms. The molecule has 2 rings (SSSR count). The monoisotopic (exact) mass is 323 g/mol. The summed E-state index contributed by atoms with van der Waals surface area (Å²) in [5.74, 6) is 0. The van der Waals surface area contributed by atoms with Gasteiger partial charge in [-0.3, -0.25) is 4.79 Å². The van der Waals surface area contributed by atoms with Crippen LogP contribution in [-0.2, 0) is 6.42 Å². The third kappa shape index (κ3) is 3.65. The number of nitrogens with zero attached hydrogens (tertiary/aromatic N) is 1. The zero-order valence-corrected chi connectivity index (χ0v) is 11.7. The maximum Gasteiger partial charge on any atom is 0.280 e. The van der Waals surface area contributed by atoms with Crippen LogP contribution in [0.15, 0.2) is 45.8 Å². The molecule has 0 fully saturated rings. The average molecular weight is 324 g/mol. The van der Waals surface area contributed by atoms with Crippen LogP contribution in [0.1, 0.15) is 5.56 Å². The summed E-state index contributed by atoms with van der Waals surface area (Å²) in [6, 6.07) is 9.66. The van der Waals surface area contributed by atoms with E-state index in [1.165, 1.54) is 6.20 Å². The van der Waals surface area contributed by atoms with Gasteiger partial charge in [-0.25, -0.2) is 5.10 Å². The Morgan fingerprint density at radius 3 is 2.79 bits per heavy atom. The standard InChI is InChI=1S/C13H14BrN3O2/c14-12-11(7-15-17-13(12)19)16-10(8-18)6-9-4-2-1-3-5-9/h1-5,7,10,18H,6,8H2,(H2,16,17,19). The third-order valence-electron chi connectivity index (χ3n) is 2.70. The molecule has 1 aromatic carbocycles. The predicted octanol–water partition coefficient (Wildman–Crippen LogP) is 1.55. The molecule has 6 heteroatoms. The Morgan fingerprint density at radius 2 is 2.11 bits per heavy atom. The predicted molar refractivity (Wildman–Crippen MR) is 77.2 cm³/mol. The number of benzene rings is 1. The van der Waals surface area contributed by atoms with Crippen LogP contribution in [0.4, 0.5) is 5.69 Å². The molecule has 3 N–H and O–H groups in total. The number of aromatic nitrogens is 2. The van der Waals surface area contributed by atoms with Gasteiger partial charge < -0.3 is 10.4 Å². The average Bonchev–Trinajstić information content (AvgIpc) is 2.44. The molecule has 0 radical (unpaired) electrons. The molecular weight excluding hydrogens is 310 g/mol. The van der Waals surface area contributed by atoms with E-state index in [9.17, 15) is 9.90 Å². The zero-order chi connectivity index (χ0) is 13.7. The van der Waals surface area contributed by atoms with Crippen LogP contribution in [-0.4, -0.2) is 28.0 Å². The number of rotatable bonds is 5. The Kier molecular flexibility index (Phi) is 4.70. The van der Waals surface area contributed by atoms with Crippen molar-refractivity contribution in [2.45, 2.75) is 12.5 Å². The highest BCUT2D eigenvalue weighted by molar-refractivity contribution is 9.10. The van der Waals surface area contributed by atoms with Crippen molar-refractivity contribution in [1.82, 2.24) is 10.2 Å². The van der Waals surface area contributed by atoms with Gasteiger partial charge in [-0.1, -0.05) is 30.3 Å². The topological polar surface area (TPSA) is 78.0 Å². The first-order valence-electron chi connectivity index (χ1n) is 5.85. The number of anilines is 1. The van der Waals surface area contributed by atoms with E-state index in [-0.39, 0.29) is 18.2 Å². The highest BCUT2D eigenvalue weighted by Crippen LogP contribution is 2.17. The second-order valence-corrected chi connectivity index (χ2v) is 4.93. The fraction of sp³-hybridized carbons (Fsp3) is 0.231. The normalized spacial score (nSPS) is 12.1. The molecule has 1 atom stereocenters. The smallest absolute Gasteiger partial charge is 0.280 e. The number of nitrogens with one attached hydrogen (secondary N) is 2. The second-order valence-electron chi connectivity index (χ2n) is 4.14. The number of aromatic amines is 1. The molecule has 0 aliphatic heterocycles. The van der Waals surface area contributed by atoms with Crippen LogP contribution in [0, 0.1) is 0 Å². The minimum Gasteiger partial charge on any atom is -0.394 e. The first-order chi connectivity index (χ1) is 9.20. The van der Waals surface area contributed by atoms with Crippen LogP contribution in [0.3, 0.4) is 0 Å². The quantitative estimate of drug-likeness (QED) is 0.780. The van der Waals surface area contributed by atoms with Gasteiger partial charge in [-0.2, -0.15) is 5.10 Å². The Morgan fingerprint density at radius 1 is 1.37 bits per heavy atom. The molecule has 0 aliphatic rings. The maximum atomic E-state index is 11.4. The molecule has 0 aliphatic carbocycles. The summed E-state index contributed by atoms with van der Waals surface area (Å²) in [6.07, 6.45) is 2.18. The molecule has 0 spiro atoms. The molecule has 0 amide bonds. The minimum absolute atomic E-state index is 0.0336. The van der Waals surface area contributed by atoms with E-state index in [2.05, 4.69) is 31.4 Å². The minimum atomic E-state index is -0.304. The van der Waals surface area contributed by atoms with Gasteiger partial charge in [0.2, 0.25) is 0 Å². The summed E-state index contributed by atoms with van der Waals surface area (Å²) >= 11 is 3.20. The Labute approximate surface area is 118 Å². The number of aliphatic hydroxyl groups is 1. The fourth-order valence-electron chi connectivity index (χ4n) is 1.76. The molecule has 1 aromatic heterocycles. The first-order valence-corrected chi connectivity index (χ1v) is 6.64. The van der Waals surface area contributed by atoms with E-state index in [1.807, 2.05) is 30.3 Å². The molecule has 100 valence electrons. The lowest BCUT2D eigenvalue weighted by Gasteiger charge is -2.18. The van der Waals surface area contributed by atoms with E-state index < -0.39 is 0 Å². The highest BCUT2D eigenvalue weighted by atomic mass is 79.9. The Hall–Kier alpha value is -1.66. The van der Waals surface area contributed by atoms with E-state index in [1.54, 1.807) is 0 Å². The van der Waals surface area contributed by atoms with Gasteiger partial charge in [-0.15, -0.1) is 0 Å². The van der Waals surface area contributed by atoms with E-state index in [4.69, 9.17) is 0 Å². The molecule has 0 saturated carbocycles. The summed E-state index contributed by atoms with van der Waals surface area (Å²) in [4.78, 5) is 11.4. The van der Waals surface area contributed by atoms with Crippen molar-refractivity contribution >= 4 is 21.6 Å². The van der Waals surface area contributed by atoms with Gasteiger partial charge in [0.05, 0.1) is 24.5 Å². The molecular formula is C13H14BrN3O2.